The highest BCUT2D eigenvalue weighted by molar-refractivity contribution is 7.89. The summed E-state index contributed by atoms with van der Waals surface area (Å²) in [6.45, 7) is 3.29. The van der Waals surface area contributed by atoms with Gasteiger partial charge in [0.05, 0.1) is 7.11 Å². The van der Waals surface area contributed by atoms with E-state index in [2.05, 4.69) is 20.5 Å². The lowest BCUT2D eigenvalue weighted by Gasteiger charge is -2.34. The molecule has 3 heterocycles. The number of aryl methyl sites for hydroxylation is 1. The fourth-order valence-corrected chi connectivity index (χ4v) is 4.97. The Bertz CT molecular complexity index is 1180. The molecule has 0 radical (unpaired) electrons. The van der Waals surface area contributed by atoms with Gasteiger partial charge in [0.2, 0.25) is 10.0 Å². The standard InChI is InChI=1S/C21H23FN6O3S/c1-15-3-6-19(23-14-15)24-20-7-8-21(26-25-20)27-9-11-28(12-10-27)32(29,30)18-13-16(22)4-5-17(18)31-2/h3-8,13-14H,9-12H2,1-2H3,(H,23,24,25). The molecule has 9 nitrogen and oxygen atoms in total. The fraction of sp³-hybridized carbons (Fsp3) is 0.286. The minimum absolute atomic E-state index is 0.117. The number of methoxy groups -OCH3 is 1. The van der Waals surface area contributed by atoms with Crippen molar-refractivity contribution in [2.24, 2.45) is 0 Å². The molecular weight excluding hydrogens is 435 g/mol. The van der Waals surface area contributed by atoms with Crippen molar-refractivity contribution in [2.45, 2.75) is 11.8 Å². The van der Waals surface area contributed by atoms with E-state index in [1.165, 1.54) is 23.5 Å². The van der Waals surface area contributed by atoms with Crippen molar-refractivity contribution < 1.29 is 17.5 Å². The summed E-state index contributed by atoms with van der Waals surface area (Å²) >= 11 is 0. The van der Waals surface area contributed by atoms with Crippen LogP contribution in [0.15, 0.2) is 53.6 Å². The molecule has 1 fully saturated rings. The van der Waals surface area contributed by atoms with Gasteiger partial charge in [-0.1, -0.05) is 6.07 Å². The monoisotopic (exact) mass is 458 g/mol. The van der Waals surface area contributed by atoms with E-state index in [0.717, 1.165) is 11.6 Å². The maximum absolute atomic E-state index is 13.7. The second-order valence-electron chi connectivity index (χ2n) is 7.31. The summed E-state index contributed by atoms with van der Waals surface area (Å²) in [6.07, 6.45) is 1.76. The normalized spacial score (nSPS) is 14.9. The number of hydrogen-bond donors (Lipinski definition) is 1. The van der Waals surface area contributed by atoms with E-state index in [-0.39, 0.29) is 23.7 Å². The van der Waals surface area contributed by atoms with Gasteiger partial charge in [-0.3, -0.25) is 0 Å². The summed E-state index contributed by atoms with van der Waals surface area (Å²) in [4.78, 5) is 6.06. The van der Waals surface area contributed by atoms with E-state index in [9.17, 15) is 12.8 Å². The van der Waals surface area contributed by atoms with Gasteiger partial charge in [0, 0.05) is 32.4 Å². The second-order valence-corrected chi connectivity index (χ2v) is 9.22. The van der Waals surface area contributed by atoms with Gasteiger partial charge in [-0.05, 0) is 48.9 Å². The number of hydrogen-bond acceptors (Lipinski definition) is 8. The van der Waals surface area contributed by atoms with Gasteiger partial charge in [-0.15, -0.1) is 10.2 Å². The molecule has 11 heteroatoms. The van der Waals surface area contributed by atoms with Crippen LogP contribution in [0.4, 0.5) is 21.8 Å². The van der Waals surface area contributed by atoms with E-state index in [1.807, 2.05) is 30.0 Å². The zero-order valence-electron chi connectivity index (χ0n) is 17.7. The van der Waals surface area contributed by atoms with E-state index in [0.29, 0.717) is 30.5 Å². The Hall–Kier alpha value is -3.31. The van der Waals surface area contributed by atoms with Crippen LogP contribution in [-0.2, 0) is 10.0 Å². The van der Waals surface area contributed by atoms with Crippen LogP contribution in [0.5, 0.6) is 5.75 Å². The number of halogens is 1. The minimum Gasteiger partial charge on any atom is -0.495 e. The highest BCUT2D eigenvalue weighted by atomic mass is 32.2. The first-order valence-electron chi connectivity index (χ1n) is 9.99. The molecule has 2 aromatic heterocycles. The van der Waals surface area contributed by atoms with Crippen molar-refractivity contribution in [3.8, 4) is 5.75 Å². The lowest BCUT2D eigenvalue weighted by molar-refractivity contribution is 0.372. The Morgan fingerprint density at radius 3 is 2.38 bits per heavy atom. The number of nitrogens with one attached hydrogen (secondary N) is 1. The average Bonchev–Trinajstić information content (AvgIpc) is 2.81. The number of pyridine rings is 1. The molecule has 1 saturated heterocycles. The zero-order valence-corrected chi connectivity index (χ0v) is 18.5. The molecule has 0 saturated carbocycles. The fourth-order valence-electron chi connectivity index (χ4n) is 3.38. The molecule has 3 aromatic rings. The number of benzene rings is 1. The van der Waals surface area contributed by atoms with Crippen LogP contribution >= 0.6 is 0 Å². The number of ether oxygens (including phenoxy) is 1. The number of rotatable bonds is 6. The Kier molecular flexibility index (Phi) is 6.19. The number of piperazine rings is 1. The Balaban J connectivity index is 1.41. The van der Waals surface area contributed by atoms with Crippen LogP contribution in [0, 0.1) is 12.7 Å². The Morgan fingerprint density at radius 1 is 1.00 bits per heavy atom. The predicted octanol–water partition coefficient (Wildman–Crippen LogP) is 2.58. The van der Waals surface area contributed by atoms with Crippen molar-refractivity contribution >= 4 is 27.5 Å². The first kappa shape index (κ1) is 21.9. The van der Waals surface area contributed by atoms with Crippen LogP contribution in [0.3, 0.4) is 0 Å². The third-order valence-corrected chi connectivity index (χ3v) is 7.04. The van der Waals surface area contributed by atoms with Crippen LogP contribution in [-0.4, -0.2) is 61.2 Å². The molecule has 1 aliphatic heterocycles. The summed E-state index contributed by atoms with van der Waals surface area (Å²) in [5.74, 6) is 1.36. The molecular formula is C21H23FN6O3S. The van der Waals surface area contributed by atoms with Crippen LogP contribution in [0.1, 0.15) is 5.56 Å². The minimum atomic E-state index is -3.89. The van der Waals surface area contributed by atoms with Gasteiger partial charge in [0.1, 0.15) is 22.3 Å². The number of nitrogens with zero attached hydrogens (tertiary/aromatic N) is 5. The Morgan fingerprint density at radius 2 is 1.75 bits per heavy atom. The van der Waals surface area contributed by atoms with Gasteiger partial charge in [0.15, 0.2) is 11.6 Å². The van der Waals surface area contributed by atoms with Crippen LogP contribution in [0.2, 0.25) is 0 Å². The predicted molar refractivity (Wildman–Crippen MR) is 118 cm³/mol. The molecule has 0 unspecified atom stereocenters. The van der Waals surface area contributed by atoms with E-state index in [4.69, 9.17) is 4.74 Å². The van der Waals surface area contributed by atoms with E-state index < -0.39 is 15.8 Å². The first-order valence-corrected chi connectivity index (χ1v) is 11.4. The van der Waals surface area contributed by atoms with Crippen molar-refractivity contribution in [1.29, 1.82) is 0 Å². The SMILES string of the molecule is COc1ccc(F)cc1S(=O)(=O)N1CCN(c2ccc(Nc3ccc(C)cn3)nn2)CC1. The quantitative estimate of drug-likeness (QED) is 0.602. The Labute approximate surface area is 185 Å². The molecule has 0 amide bonds. The highest BCUT2D eigenvalue weighted by Gasteiger charge is 2.31. The summed E-state index contributed by atoms with van der Waals surface area (Å²) in [5.41, 5.74) is 1.06. The average molecular weight is 459 g/mol. The van der Waals surface area contributed by atoms with Crippen molar-refractivity contribution in [1.82, 2.24) is 19.5 Å². The lowest BCUT2D eigenvalue weighted by Crippen LogP contribution is -2.49. The van der Waals surface area contributed by atoms with Gasteiger partial charge in [-0.2, -0.15) is 4.31 Å². The smallest absolute Gasteiger partial charge is 0.246 e. The highest BCUT2D eigenvalue weighted by Crippen LogP contribution is 2.28. The molecule has 168 valence electrons. The molecule has 32 heavy (non-hydrogen) atoms. The van der Waals surface area contributed by atoms with Crippen molar-refractivity contribution in [3.63, 3.8) is 0 Å². The summed E-state index contributed by atoms with van der Waals surface area (Å²) < 4.78 is 46.2. The lowest BCUT2D eigenvalue weighted by atomic mass is 10.3. The van der Waals surface area contributed by atoms with Gasteiger partial charge < -0.3 is 15.0 Å². The molecule has 1 aliphatic rings. The van der Waals surface area contributed by atoms with E-state index >= 15 is 0 Å². The molecule has 0 spiro atoms. The zero-order chi connectivity index (χ0) is 22.7. The molecule has 0 bridgehead atoms. The van der Waals surface area contributed by atoms with E-state index in [1.54, 1.807) is 12.3 Å². The molecule has 4 rings (SSSR count). The van der Waals surface area contributed by atoms with Gasteiger partial charge in [0.25, 0.3) is 0 Å². The van der Waals surface area contributed by atoms with Crippen molar-refractivity contribution in [2.75, 3.05) is 43.5 Å². The summed E-state index contributed by atoms with van der Waals surface area (Å²) in [5, 5.41) is 11.5. The first-order chi connectivity index (χ1) is 15.4. The van der Waals surface area contributed by atoms with Crippen LogP contribution in [0.25, 0.3) is 0 Å². The molecule has 0 aliphatic carbocycles. The molecule has 1 aromatic carbocycles. The summed E-state index contributed by atoms with van der Waals surface area (Å²) in [7, 11) is -2.53. The number of anilines is 3. The third-order valence-electron chi connectivity index (χ3n) is 5.12. The van der Waals surface area contributed by atoms with Gasteiger partial charge >= 0.3 is 0 Å². The third kappa shape index (κ3) is 4.63. The number of sulfonamides is 1. The molecule has 1 N–H and O–H groups in total. The largest absolute Gasteiger partial charge is 0.495 e. The maximum Gasteiger partial charge on any atom is 0.246 e. The summed E-state index contributed by atoms with van der Waals surface area (Å²) in [6, 6.07) is 10.9. The molecule has 0 atom stereocenters. The van der Waals surface area contributed by atoms with Gasteiger partial charge in [-0.25, -0.2) is 17.8 Å². The second kappa shape index (κ2) is 9.05. The number of aromatic nitrogens is 3. The topological polar surface area (TPSA) is 101 Å². The maximum atomic E-state index is 13.7. The van der Waals surface area contributed by atoms with Crippen molar-refractivity contribution in [3.05, 3.63) is 60.0 Å². The van der Waals surface area contributed by atoms with Crippen LogP contribution < -0.4 is 15.0 Å².